The summed E-state index contributed by atoms with van der Waals surface area (Å²) in [5.41, 5.74) is 0.760. The first-order chi connectivity index (χ1) is 5.75. The minimum absolute atomic E-state index is 0.133. The molecule has 0 aliphatic heterocycles. The molecule has 1 atom stereocenters. The lowest BCUT2D eigenvalue weighted by Crippen LogP contribution is -2.10. The van der Waals surface area contributed by atoms with Gasteiger partial charge in [-0.05, 0) is 12.0 Å². The van der Waals surface area contributed by atoms with E-state index in [1.54, 1.807) is 0 Å². The van der Waals surface area contributed by atoms with Crippen molar-refractivity contribution < 1.29 is 4.79 Å². The maximum absolute atomic E-state index is 11.0. The molecule has 0 bridgehead atoms. The highest BCUT2D eigenvalue weighted by Gasteiger charge is 2.12. The topological polar surface area (TPSA) is 17.1 Å². The fourth-order valence-electron chi connectivity index (χ4n) is 1.29. The molecule has 1 nitrogen and oxygen atoms in total. The van der Waals surface area contributed by atoms with Gasteiger partial charge in [-0.2, -0.15) is 0 Å². The molecule has 0 aromatic heterocycles. The average molecular weight is 158 g/mol. The minimum Gasteiger partial charge on any atom is -0.312 e. The Morgan fingerprint density at radius 3 is 2.42 bits per heavy atom. The summed E-state index contributed by atoms with van der Waals surface area (Å²) in [4.78, 5) is 11.0. The van der Waals surface area contributed by atoms with Crippen LogP contribution >= 0.6 is 0 Å². The summed E-state index contributed by atoms with van der Waals surface area (Å²) in [6, 6.07) is 9.62. The van der Waals surface area contributed by atoms with Crippen LogP contribution in [0.1, 0.15) is 24.8 Å². The number of carbonyl (C=O) groups excluding carboxylic acids is 1. The van der Waals surface area contributed by atoms with E-state index in [0.717, 1.165) is 12.0 Å². The number of rotatable bonds is 3. The summed E-state index contributed by atoms with van der Waals surface area (Å²) < 4.78 is 0. The molecule has 12 heavy (non-hydrogen) atoms. The van der Waals surface area contributed by atoms with E-state index in [4.69, 9.17) is 7.85 Å². The van der Waals surface area contributed by atoms with Crippen LogP contribution in [0.5, 0.6) is 0 Å². The summed E-state index contributed by atoms with van der Waals surface area (Å²) in [7, 11) is 5.24. The van der Waals surface area contributed by atoms with E-state index >= 15 is 0 Å². The molecule has 1 rings (SSSR count). The van der Waals surface area contributed by atoms with Gasteiger partial charge in [0.15, 0.2) is 7.85 Å². The number of hydrogen-bond donors (Lipinski definition) is 0. The van der Waals surface area contributed by atoms with E-state index in [9.17, 15) is 4.79 Å². The first-order valence-electron chi connectivity index (χ1n) is 4.10. The second-order valence-electron chi connectivity index (χ2n) is 2.77. The Kier molecular flexibility index (Phi) is 3.09. The Bertz CT molecular complexity index is 256. The zero-order valence-electron chi connectivity index (χ0n) is 7.16. The molecule has 2 heteroatoms. The quantitative estimate of drug-likeness (QED) is 0.613. The lowest BCUT2D eigenvalue weighted by Gasteiger charge is -2.10. The first kappa shape index (κ1) is 9.05. The predicted octanol–water partition coefficient (Wildman–Crippen LogP) is 1.88. The van der Waals surface area contributed by atoms with Crippen LogP contribution in [0.15, 0.2) is 30.3 Å². The highest BCUT2D eigenvalue weighted by Crippen LogP contribution is 2.18. The number of hydrogen-bond acceptors (Lipinski definition) is 1. The molecule has 0 amide bonds. The van der Waals surface area contributed by atoms with Gasteiger partial charge < -0.3 is 4.79 Å². The monoisotopic (exact) mass is 158 g/mol. The molecule has 0 fully saturated rings. The van der Waals surface area contributed by atoms with E-state index < -0.39 is 0 Å². The Morgan fingerprint density at radius 1 is 1.42 bits per heavy atom. The van der Waals surface area contributed by atoms with Gasteiger partial charge >= 0.3 is 0 Å². The molecule has 2 radical (unpaired) electrons. The van der Waals surface area contributed by atoms with Crippen molar-refractivity contribution in [2.24, 2.45) is 0 Å². The van der Waals surface area contributed by atoms with E-state index in [1.807, 2.05) is 37.3 Å². The van der Waals surface area contributed by atoms with Crippen LogP contribution in [-0.4, -0.2) is 13.5 Å². The fraction of sp³-hybridized carbons (Fsp3) is 0.300. The number of benzene rings is 1. The summed E-state index contributed by atoms with van der Waals surface area (Å²) in [5, 5.41) is 0. The van der Waals surface area contributed by atoms with Crippen molar-refractivity contribution in [2.45, 2.75) is 19.3 Å². The third-order valence-corrected chi connectivity index (χ3v) is 1.95. The van der Waals surface area contributed by atoms with Crippen LogP contribution in [0, 0.1) is 0 Å². The average Bonchev–Trinajstić information content (AvgIpc) is 2.07. The molecule has 0 spiro atoms. The van der Waals surface area contributed by atoms with Crippen LogP contribution in [0.3, 0.4) is 0 Å². The van der Waals surface area contributed by atoms with Crippen molar-refractivity contribution in [3.8, 4) is 0 Å². The van der Waals surface area contributed by atoms with Crippen molar-refractivity contribution in [1.29, 1.82) is 0 Å². The Labute approximate surface area is 74.2 Å². The minimum atomic E-state index is -0.247. The SMILES string of the molecule is [B]C(=O)C(CC)c1ccccc1. The van der Waals surface area contributed by atoms with E-state index in [0.29, 0.717) is 0 Å². The molecule has 1 aromatic carbocycles. The molecule has 0 N–H and O–H groups in total. The van der Waals surface area contributed by atoms with Crippen LogP contribution in [0.4, 0.5) is 0 Å². The summed E-state index contributed by atoms with van der Waals surface area (Å²) >= 11 is 0. The third kappa shape index (κ3) is 1.97. The Morgan fingerprint density at radius 2 is 2.00 bits per heavy atom. The first-order valence-corrected chi connectivity index (χ1v) is 4.10. The fourth-order valence-corrected chi connectivity index (χ4v) is 1.29. The van der Waals surface area contributed by atoms with Gasteiger partial charge in [0.1, 0.15) is 0 Å². The second-order valence-corrected chi connectivity index (χ2v) is 2.77. The van der Waals surface area contributed by atoms with Gasteiger partial charge in [0.05, 0.1) is 5.68 Å². The van der Waals surface area contributed by atoms with Gasteiger partial charge in [-0.1, -0.05) is 37.3 Å². The molecule has 0 heterocycles. The lowest BCUT2D eigenvalue weighted by atomic mass is 9.82. The highest BCUT2D eigenvalue weighted by molar-refractivity contribution is 6.59. The van der Waals surface area contributed by atoms with Gasteiger partial charge in [-0.3, -0.25) is 0 Å². The van der Waals surface area contributed by atoms with Crippen LogP contribution in [0.2, 0.25) is 0 Å². The maximum atomic E-state index is 11.0. The normalized spacial score (nSPS) is 12.4. The van der Waals surface area contributed by atoms with Gasteiger partial charge in [-0.15, -0.1) is 0 Å². The molecule has 1 unspecified atom stereocenters. The molecule has 60 valence electrons. The van der Waals surface area contributed by atoms with Gasteiger partial charge in [0.2, 0.25) is 0 Å². The second kappa shape index (κ2) is 4.10. The van der Waals surface area contributed by atoms with Crippen molar-refractivity contribution >= 4 is 13.5 Å². The van der Waals surface area contributed by atoms with Crippen molar-refractivity contribution in [3.63, 3.8) is 0 Å². The Balaban J connectivity index is 2.88. The molecular formula is C10H11BO. The van der Waals surface area contributed by atoms with Crippen LogP contribution in [-0.2, 0) is 4.79 Å². The van der Waals surface area contributed by atoms with Gasteiger partial charge in [-0.25, -0.2) is 0 Å². The van der Waals surface area contributed by atoms with E-state index in [-0.39, 0.29) is 11.6 Å². The van der Waals surface area contributed by atoms with Crippen molar-refractivity contribution in [2.75, 3.05) is 0 Å². The van der Waals surface area contributed by atoms with Gasteiger partial charge in [0, 0.05) is 5.92 Å². The smallest absolute Gasteiger partial charge is 0.168 e. The maximum Gasteiger partial charge on any atom is 0.168 e. The van der Waals surface area contributed by atoms with Crippen molar-refractivity contribution in [3.05, 3.63) is 35.9 Å². The highest BCUT2D eigenvalue weighted by atomic mass is 16.1. The van der Waals surface area contributed by atoms with E-state index in [2.05, 4.69) is 0 Å². The molecule has 0 aliphatic carbocycles. The zero-order valence-corrected chi connectivity index (χ0v) is 7.16. The third-order valence-electron chi connectivity index (χ3n) is 1.95. The zero-order chi connectivity index (χ0) is 8.97. The molecule has 0 saturated heterocycles. The predicted molar refractivity (Wildman–Crippen MR) is 50.2 cm³/mol. The van der Waals surface area contributed by atoms with Crippen molar-refractivity contribution in [1.82, 2.24) is 0 Å². The van der Waals surface area contributed by atoms with E-state index in [1.165, 1.54) is 0 Å². The lowest BCUT2D eigenvalue weighted by molar-refractivity contribution is -0.113. The summed E-state index contributed by atoms with van der Waals surface area (Å²) in [6.45, 7) is 1.96. The standard InChI is InChI=1S/C10H11BO/c1-2-9(10(11)12)8-6-4-3-5-7-8/h3-7,9H,2H2,1H3. The molecule has 0 saturated carbocycles. The van der Waals surface area contributed by atoms with Crippen LogP contribution < -0.4 is 0 Å². The molecule has 0 aliphatic rings. The van der Waals surface area contributed by atoms with Crippen LogP contribution in [0.25, 0.3) is 0 Å². The summed E-state index contributed by atoms with van der Waals surface area (Å²) in [5.74, 6) is -0.133. The summed E-state index contributed by atoms with van der Waals surface area (Å²) in [6.07, 6.45) is 0.763. The Hall–Kier alpha value is -1.05. The largest absolute Gasteiger partial charge is 0.312 e. The number of carbonyl (C=O) groups is 1. The molecular weight excluding hydrogens is 147 g/mol. The van der Waals surface area contributed by atoms with Gasteiger partial charge in [0.25, 0.3) is 0 Å². The molecule has 1 aromatic rings.